The molecule has 11 heteroatoms. The van der Waals surface area contributed by atoms with Gasteiger partial charge in [-0.1, -0.05) is 5.10 Å². The summed E-state index contributed by atoms with van der Waals surface area (Å²) >= 11 is 0.885. The summed E-state index contributed by atoms with van der Waals surface area (Å²) in [6.07, 6.45) is 0. The average molecular weight is 303 g/mol. The molecular formula is C8H9N5O4S2. The minimum atomic E-state index is -3.92. The van der Waals surface area contributed by atoms with Gasteiger partial charge in [-0.15, -0.1) is 16.4 Å². The minimum absolute atomic E-state index is 0.0509. The van der Waals surface area contributed by atoms with E-state index in [0.29, 0.717) is 4.88 Å². The molecule has 2 N–H and O–H groups in total. The molecule has 0 spiro atoms. The predicted molar refractivity (Wildman–Crippen MR) is 65.6 cm³/mol. The zero-order chi connectivity index (χ0) is 14.2. The number of rotatable bonds is 4. The van der Waals surface area contributed by atoms with E-state index in [1.807, 2.05) is 0 Å². The smallest absolute Gasteiger partial charge is 0.345 e. The molecule has 2 aromatic rings. The maximum absolute atomic E-state index is 12.1. The van der Waals surface area contributed by atoms with Crippen LogP contribution in [0.15, 0.2) is 11.0 Å². The van der Waals surface area contributed by atoms with Gasteiger partial charge in [0.25, 0.3) is 16.0 Å². The monoisotopic (exact) mass is 303 g/mol. The van der Waals surface area contributed by atoms with Crippen molar-refractivity contribution in [2.45, 2.75) is 11.8 Å². The van der Waals surface area contributed by atoms with E-state index < -0.39 is 16.0 Å². The maximum Gasteiger partial charge on any atom is 0.345 e. The van der Waals surface area contributed by atoms with Crippen LogP contribution in [0, 0.1) is 6.92 Å². The molecule has 0 aromatic carbocycles. The number of aryl methyl sites for hydroxylation is 2. The molecule has 0 saturated heterocycles. The molecule has 0 radical (unpaired) electrons. The lowest BCUT2D eigenvalue weighted by molar-refractivity contribution is 0.0702. The summed E-state index contributed by atoms with van der Waals surface area (Å²) in [5.41, 5.74) is 0. The first-order chi connectivity index (χ1) is 8.79. The summed E-state index contributed by atoms with van der Waals surface area (Å²) < 4.78 is 26.2. The van der Waals surface area contributed by atoms with Gasteiger partial charge in [-0.3, -0.25) is 0 Å². The standard InChI is InChI=1S/C8H9N5O4S2/c1-4-6(3-5(18-4)7(14)15)19(16,17)11-8-9-12-13(2)10-8/h3H,1-2H3,(H,10,11)(H,14,15). The molecule has 0 saturated carbocycles. The number of aromatic nitrogens is 4. The van der Waals surface area contributed by atoms with Gasteiger partial charge in [0.15, 0.2) is 0 Å². The van der Waals surface area contributed by atoms with Gasteiger partial charge in [-0.25, -0.2) is 17.9 Å². The number of carboxylic acid groups (broad SMARTS) is 1. The fourth-order valence-electron chi connectivity index (χ4n) is 1.34. The number of hydrogen-bond donors (Lipinski definition) is 2. The summed E-state index contributed by atoms with van der Waals surface area (Å²) in [6.45, 7) is 1.52. The summed E-state index contributed by atoms with van der Waals surface area (Å²) in [6, 6.07) is 1.10. The van der Waals surface area contributed by atoms with Gasteiger partial charge in [-0.05, 0) is 18.2 Å². The predicted octanol–water partition coefficient (Wildman–Crippen LogP) is 0.0790. The number of thiophene rings is 1. The van der Waals surface area contributed by atoms with Crippen molar-refractivity contribution in [2.24, 2.45) is 7.05 Å². The van der Waals surface area contributed by atoms with Crippen LogP contribution in [-0.4, -0.2) is 39.7 Å². The van der Waals surface area contributed by atoms with Gasteiger partial charge < -0.3 is 5.11 Å². The highest BCUT2D eigenvalue weighted by Crippen LogP contribution is 2.26. The summed E-state index contributed by atoms with van der Waals surface area (Å²) in [4.78, 5) is 12.1. The maximum atomic E-state index is 12.1. The van der Waals surface area contributed by atoms with Crippen LogP contribution in [-0.2, 0) is 17.1 Å². The third-order valence-corrected chi connectivity index (χ3v) is 4.73. The van der Waals surface area contributed by atoms with Gasteiger partial charge in [-0.2, -0.15) is 4.80 Å². The Labute approximate surface area is 111 Å². The normalized spacial score (nSPS) is 11.5. The number of nitrogens with one attached hydrogen (secondary N) is 1. The van der Waals surface area contributed by atoms with Crippen LogP contribution >= 0.6 is 11.3 Å². The highest BCUT2D eigenvalue weighted by atomic mass is 32.2. The van der Waals surface area contributed by atoms with Crippen LogP contribution in [0.3, 0.4) is 0 Å². The van der Waals surface area contributed by atoms with Crippen LogP contribution < -0.4 is 4.72 Å². The fourth-order valence-corrected chi connectivity index (χ4v) is 3.70. The zero-order valence-electron chi connectivity index (χ0n) is 9.85. The molecule has 2 rings (SSSR count). The molecule has 9 nitrogen and oxygen atoms in total. The Morgan fingerprint density at radius 1 is 1.53 bits per heavy atom. The van der Waals surface area contributed by atoms with E-state index in [2.05, 4.69) is 20.1 Å². The topological polar surface area (TPSA) is 127 Å². The zero-order valence-corrected chi connectivity index (χ0v) is 11.5. The number of carbonyl (C=O) groups is 1. The second kappa shape index (κ2) is 4.59. The van der Waals surface area contributed by atoms with Gasteiger partial charge in [0.05, 0.1) is 7.05 Å². The Morgan fingerprint density at radius 3 is 2.68 bits per heavy atom. The first-order valence-electron chi connectivity index (χ1n) is 4.90. The van der Waals surface area contributed by atoms with Gasteiger partial charge in [0, 0.05) is 4.88 Å². The van der Waals surface area contributed by atoms with Crippen molar-refractivity contribution in [2.75, 3.05) is 4.72 Å². The third kappa shape index (κ3) is 2.71. The van der Waals surface area contributed by atoms with Crippen LogP contribution in [0.5, 0.6) is 0 Å². The largest absolute Gasteiger partial charge is 0.477 e. The van der Waals surface area contributed by atoms with E-state index in [4.69, 9.17) is 5.11 Å². The highest BCUT2D eigenvalue weighted by molar-refractivity contribution is 7.92. The lowest BCUT2D eigenvalue weighted by Gasteiger charge is -2.02. The van der Waals surface area contributed by atoms with Crippen molar-refractivity contribution < 1.29 is 18.3 Å². The summed E-state index contributed by atoms with van der Waals surface area (Å²) in [5, 5.41) is 19.5. The number of carboxylic acids is 1. The van der Waals surface area contributed by atoms with Crippen molar-refractivity contribution >= 4 is 33.3 Å². The number of hydrogen-bond acceptors (Lipinski definition) is 7. The molecule has 102 valence electrons. The van der Waals surface area contributed by atoms with Crippen LogP contribution in [0.2, 0.25) is 0 Å². The Hall–Kier alpha value is -2.01. The Kier molecular flexibility index (Phi) is 3.24. The van der Waals surface area contributed by atoms with E-state index in [9.17, 15) is 13.2 Å². The number of tetrazole rings is 1. The fraction of sp³-hybridized carbons (Fsp3) is 0.250. The van der Waals surface area contributed by atoms with Crippen LogP contribution in [0.4, 0.5) is 5.95 Å². The number of aromatic carboxylic acids is 1. The van der Waals surface area contributed by atoms with E-state index in [1.165, 1.54) is 14.0 Å². The number of nitrogens with zero attached hydrogens (tertiary/aromatic N) is 4. The number of anilines is 1. The third-order valence-electron chi connectivity index (χ3n) is 2.11. The molecule has 0 aliphatic heterocycles. The van der Waals surface area contributed by atoms with Crippen molar-refractivity contribution in [3.05, 3.63) is 15.8 Å². The Balaban J connectivity index is 2.37. The van der Waals surface area contributed by atoms with E-state index in [1.54, 1.807) is 0 Å². The molecule has 2 aromatic heterocycles. The molecule has 0 aliphatic rings. The first-order valence-corrected chi connectivity index (χ1v) is 7.20. The lowest BCUT2D eigenvalue weighted by Crippen LogP contribution is -2.14. The quantitative estimate of drug-likeness (QED) is 0.818. The summed E-state index contributed by atoms with van der Waals surface area (Å²) in [7, 11) is -2.44. The average Bonchev–Trinajstić information content (AvgIpc) is 2.85. The molecule has 0 aliphatic carbocycles. The Morgan fingerprint density at radius 2 is 2.21 bits per heavy atom. The second-order valence-electron chi connectivity index (χ2n) is 3.54. The van der Waals surface area contributed by atoms with E-state index >= 15 is 0 Å². The van der Waals surface area contributed by atoms with Crippen molar-refractivity contribution in [3.8, 4) is 0 Å². The van der Waals surface area contributed by atoms with Crippen LogP contribution in [0.1, 0.15) is 14.5 Å². The molecule has 19 heavy (non-hydrogen) atoms. The lowest BCUT2D eigenvalue weighted by atomic mass is 10.4. The molecule has 0 fully saturated rings. The summed E-state index contributed by atoms with van der Waals surface area (Å²) in [5.74, 6) is -1.35. The molecular weight excluding hydrogens is 294 g/mol. The van der Waals surface area contributed by atoms with Gasteiger partial charge in [0.2, 0.25) is 0 Å². The van der Waals surface area contributed by atoms with Gasteiger partial charge in [0.1, 0.15) is 9.77 Å². The minimum Gasteiger partial charge on any atom is -0.477 e. The van der Waals surface area contributed by atoms with E-state index in [-0.39, 0.29) is 15.7 Å². The molecule has 0 bridgehead atoms. The Bertz CT molecular complexity index is 732. The van der Waals surface area contributed by atoms with Crippen molar-refractivity contribution in [1.29, 1.82) is 0 Å². The second-order valence-corrected chi connectivity index (χ2v) is 6.45. The molecule has 2 heterocycles. The van der Waals surface area contributed by atoms with Gasteiger partial charge >= 0.3 is 5.97 Å². The van der Waals surface area contributed by atoms with Crippen molar-refractivity contribution in [1.82, 2.24) is 20.2 Å². The number of sulfonamides is 1. The van der Waals surface area contributed by atoms with E-state index in [0.717, 1.165) is 22.2 Å². The first kappa shape index (κ1) is 13.4. The molecule has 0 atom stereocenters. The van der Waals surface area contributed by atoms with Crippen LogP contribution in [0.25, 0.3) is 0 Å². The molecule has 0 unspecified atom stereocenters. The molecule has 0 amide bonds. The van der Waals surface area contributed by atoms with Crippen molar-refractivity contribution in [3.63, 3.8) is 0 Å². The SMILES string of the molecule is Cc1sc(C(=O)O)cc1S(=O)(=O)Nc1nnn(C)n1. The highest BCUT2D eigenvalue weighted by Gasteiger charge is 2.23.